The van der Waals surface area contributed by atoms with E-state index in [9.17, 15) is 30.6 Å². The average molecular weight is 531 g/mol. The summed E-state index contributed by atoms with van der Waals surface area (Å²) in [6, 6.07) is 13.1. The Balaban J connectivity index is 1.56. The normalized spacial score (nSPS) is 11.4. The largest absolute Gasteiger partial charge is 0.504 e. The summed E-state index contributed by atoms with van der Waals surface area (Å²) in [5, 5.41) is 70.4. The second kappa shape index (κ2) is 11.7. The van der Waals surface area contributed by atoms with Gasteiger partial charge in [0.2, 0.25) is 17.8 Å². The quantitative estimate of drug-likeness (QED) is 0.0860. The molecule has 0 fully saturated rings. The van der Waals surface area contributed by atoms with Crippen LogP contribution in [-0.4, -0.2) is 64.2 Å². The van der Waals surface area contributed by atoms with Crippen molar-refractivity contribution in [3.63, 3.8) is 0 Å². The molecule has 0 saturated carbocycles. The monoisotopic (exact) mass is 531 g/mol. The van der Waals surface area contributed by atoms with E-state index in [1.165, 1.54) is 73.2 Å². The van der Waals surface area contributed by atoms with E-state index >= 15 is 0 Å². The maximum absolute atomic E-state index is 9.91. The molecule has 15 nitrogen and oxygen atoms in total. The van der Waals surface area contributed by atoms with Gasteiger partial charge in [0.05, 0.1) is 18.6 Å². The number of aromatic nitrogens is 3. The molecule has 9 N–H and O–H groups in total. The highest BCUT2D eigenvalue weighted by Gasteiger charge is 2.08. The second-order valence-electron chi connectivity index (χ2n) is 7.56. The van der Waals surface area contributed by atoms with Crippen LogP contribution >= 0.6 is 0 Å². The summed E-state index contributed by atoms with van der Waals surface area (Å²) in [6.07, 6.45) is 3.68. The standard InChI is InChI=1S/C24H21N9O6/c34-16-7-1-4-13(19(16)37)10-25-31-22-28-23(32-26-11-14-5-2-8-17(35)20(14)38)30-24(29-22)33-27-12-15-6-3-9-18(36)21(15)39/h1-12,34-39H,(H3,28,29,30,31,32,33). The number of hydrogen-bond acceptors (Lipinski definition) is 15. The first-order chi connectivity index (χ1) is 18.8. The minimum atomic E-state index is -0.363. The van der Waals surface area contributed by atoms with Gasteiger partial charge in [0.25, 0.3) is 0 Å². The van der Waals surface area contributed by atoms with Gasteiger partial charge in [0.1, 0.15) is 0 Å². The summed E-state index contributed by atoms with van der Waals surface area (Å²) < 4.78 is 0. The third-order valence-corrected chi connectivity index (χ3v) is 4.88. The lowest BCUT2D eigenvalue weighted by molar-refractivity contribution is 0.403. The molecule has 0 radical (unpaired) electrons. The van der Waals surface area contributed by atoms with Gasteiger partial charge in [0, 0.05) is 16.7 Å². The molecular weight excluding hydrogens is 510 g/mol. The zero-order valence-electron chi connectivity index (χ0n) is 19.8. The number of aromatic hydroxyl groups is 6. The van der Waals surface area contributed by atoms with Gasteiger partial charge < -0.3 is 30.6 Å². The van der Waals surface area contributed by atoms with Gasteiger partial charge in [-0.25, -0.2) is 16.3 Å². The van der Waals surface area contributed by atoms with E-state index < -0.39 is 0 Å². The number of hydrazone groups is 3. The van der Waals surface area contributed by atoms with E-state index in [0.717, 1.165) is 0 Å². The van der Waals surface area contributed by atoms with Crippen LogP contribution in [0.15, 0.2) is 69.9 Å². The molecule has 1 heterocycles. The molecular formula is C24H21N9O6. The molecule has 0 atom stereocenters. The predicted molar refractivity (Wildman–Crippen MR) is 143 cm³/mol. The first-order valence-electron chi connectivity index (χ1n) is 11.0. The number of hydrogen-bond donors (Lipinski definition) is 9. The topological polar surface area (TPSA) is 233 Å². The molecule has 15 heteroatoms. The molecule has 4 rings (SSSR count). The smallest absolute Gasteiger partial charge is 0.250 e. The van der Waals surface area contributed by atoms with Gasteiger partial charge in [-0.15, -0.1) is 0 Å². The Morgan fingerprint density at radius 3 is 1.03 bits per heavy atom. The Kier molecular flexibility index (Phi) is 7.82. The lowest BCUT2D eigenvalue weighted by atomic mass is 10.2. The van der Waals surface area contributed by atoms with Crippen molar-refractivity contribution in [1.82, 2.24) is 15.0 Å². The molecule has 0 aliphatic rings. The van der Waals surface area contributed by atoms with Crippen LogP contribution in [0.25, 0.3) is 0 Å². The van der Waals surface area contributed by atoms with Gasteiger partial charge in [-0.3, -0.25) is 0 Å². The zero-order chi connectivity index (χ0) is 27.8. The number of rotatable bonds is 9. The van der Waals surface area contributed by atoms with Crippen LogP contribution in [0.1, 0.15) is 16.7 Å². The molecule has 0 spiro atoms. The average Bonchev–Trinajstić information content (AvgIpc) is 2.91. The highest BCUT2D eigenvalue weighted by Crippen LogP contribution is 2.28. The number of phenols is 6. The maximum atomic E-state index is 9.91. The first-order valence-corrected chi connectivity index (χ1v) is 11.0. The van der Waals surface area contributed by atoms with Gasteiger partial charge in [0.15, 0.2) is 34.5 Å². The van der Waals surface area contributed by atoms with Gasteiger partial charge in [-0.1, -0.05) is 18.2 Å². The number of phenolic OH excluding ortho intramolecular Hbond substituents is 6. The van der Waals surface area contributed by atoms with Crippen molar-refractivity contribution in [2.24, 2.45) is 15.3 Å². The van der Waals surface area contributed by atoms with Crippen LogP contribution in [0.2, 0.25) is 0 Å². The van der Waals surface area contributed by atoms with Crippen molar-refractivity contribution in [3.8, 4) is 34.5 Å². The summed E-state index contributed by atoms with van der Waals surface area (Å²) in [5.41, 5.74) is 8.33. The molecule has 4 aromatic rings. The zero-order valence-corrected chi connectivity index (χ0v) is 19.8. The molecule has 0 saturated heterocycles. The second-order valence-corrected chi connectivity index (χ2v) is 7.56. The molecule has 0 amide bonds. The van der Waals surface area contributed by atoms with E-state index in [4.69, 9.17) is 0 Å². The third kappa shape index (κ3) is 6.56. The van der Waals surface area contributed by atoms with Crippen LogP contribution in [0.4, 0.5) is 17.8 Å². The Morgan fingerprint density at radius 2 is 0.744 bits per heavy atom. The molecule has 0 aliphatic carbocycles. The summed E-state index contributed by atoms with van der Waals surface area (Å²) >= 11 is 0. The van der Waals surface area contributed by atoms with Crippen LogP contribution < -0.4 is 16.3 Å². The predicted octanol–water partition coefficient (Wildman–Crippen LogP) is 2.44. The number of anilines is 3. The van der Waals surface area contributed by atoms with Gasteiger partial charge in [-0.05, 0) is 36.4 Å². The van der Waals surface area contributed by atoms with Crippen molar-refractivity contribution in [3.05, 3.63) is 71.3 Å². The fourth-order valence-electron chi connectivity index (χ4n) is 2.96. The number of nitrogens with zero attached hydrogens (tertiary/aromatic N) is 6. The van der Waals surface area contributed by atoms with Crippen LogP contribution in [0.5, 0.6) is 34.5 Å². The van der Waals surface area contributed by atoms with E-state index in [1.54, 1.807) is 0 Å². The lowest BCUT2D eigenvalue weighted by Crippen LogP contribution is -2.07. The molecule has 0 unspecified atom stereocenters. The fourth-order valence-corrected chi connectivity index (χ4v) is 2.96. The molecule has 0 aliphatic heterocycles. The SMILES string of the molecule is Oc1cccc(C=NNc2nc(NN=Cc3cccc(O)c3O)nc(NN=Cc3cccc(O)c3O)n2)c1O. The lowest BCUT2D eigenvalue weighted by Gasteiger charge is -2.06. The fraction of sp³-hybridized carbons (Fsp3) is 0. The summed E-state index contributed by atoms with van der Waals surface area (Å²) in [6.45, 7) is 0. The minimum absolute atomic E-state index is 0.0864. The number of nitrogens with one attached hydrogen (secondary N) is 3. The Morgan fingerprint density at radius 1 is 0.462 bits per heavy atom. The van der Waals surface area contributed by atoms with Crippen molar-refractivity contribution in [2.75, 3.05) is 16.3 Å². The molecule has 0 bridgehead atoms. The van der Waals surface area contributed by atoms with Crippen LogP contribution in [-0.2, 0) is 0 Å². The Hall–Kier alpha value is -6.12. The van der Waals surface area contributed by atoms with Gasteiger partial charge in [-0.2, -0.15) is 30.3 Å². The minimum Gasteiger partial charge on any atom is -0.504 e. The van der Waals surface area contributed by atoms with Crippen LogP contribution in [0.3, 0.4) is 0 Å². The molecule has 3 aromatic carbocycles. The van der Waals surface area contributed by atoms with Crippen LogP contribution in [0, 0.1) is 0 Å². The summed E-state index contributed by atoms with van der Waals surface area (Å²) in [4.78, 5) is 12.3. The van der Waals surface area contributed by atoms with Crippen molar-refractivity contribution in [1.29, 1.82) is 0 Å². The molecule has 39 heavy (non-hydrogen) atoms. The highest BCUT2D eigenvalue weighted by atomic mass is 16.3. The summed E-state index contributed by atoms with van der Waals surface area (Å²) in [7, 11) is 0. The maximum Gasteiger partial charge on any atom is 0.250 e. The van der Waals surface area contributed by atoms with E-state index in [0.29, 0.717) is 0 Å². The van der Waals surface area contributed by atoms with E-state index in [1.807, 2.05) is 0 Å². The molecule has 1 aromatic heterocycles. The first kappa shape index (κ1) is 26.0. The third-order valence-electron chi connectivity index (χ3n) is 4.88. The molecule has 198 valence electrons. The Bertz CT molecular complexity index is 1380. The van der Waals surface area contributed by atoms with Crippen molar-refractivity contribution >= 4 is 36.5 Å². The van der Waals surface area contributed by atoms with E-state index in [-0.39, 0.29) is 69.0 Å². The summed E-state index contributed by atoms with van der Waals surface area (Å²) in [5.74, 6) is -2.30. The highest BCUT2D eigenvalue weighted by molar-refractivity contribution is 5.86. The van der Waals surface area contributed by atoms with Crippen molar-refractivity contribution < 1.29 is 30.6 Å². The van der Waals surface area contributed by atoms with E-state index in [2.05, 4.69) is 46.5 Å². The Labute approximate surface area is 219 Å². The van der Waals surface area contributed by atoms with Gasteiger partial charge >= 0.3 is 0 Å². The number of para-hydroxylation sites is 3. The van der Waals surface area contributed by atoms with Crippen molar-refractivity contribution in [2.45, 2.75) is 0 Å². The number of benzene rings is 3.